The minimum Gasteiger partial charge on any atom is -0.339 e. The maximum atomic E-state index is 12.5. The van der Waals surface area contributed by atoms with Crippen LogP contribution in [0.1, 0.15) is 37.0 Å². The summed E-state index contributed by atoms with van der Waals surface area (Å²) in [5.41, 5.74) is 0.488. The molecule has 1 aromatic carbocycles. The molecular formula is C17H22Cl2N2O2. The molecule has 126 valence electrons. The van der Waals surface area contributed by atoms with E-state index in [1.165, 1.54) is 0 Å². The van der Waals surface area contributed by atoms with Gasteiger partial charge in [0.2, 0.25) is 5.91 Å². The van der Waals surface area contributed by atoms with E-state index in [9.17, 15) is 9.59 Å². The molecule has 0 atom stereocenters. The van der Waals surface area contributed by atoms with Crippen molar-refractivity contribution < 1.29 is 9.59 Å². The van der Waals surface area contributed by atoms with Crippen LogP contribution in [0.15, 0.2) is 18.2 Å². The van der Waals surface area contributed by atoms with Crippen molar-refractivity contribution in [3.05, 3.63) is 33.8 Å². The topological polar surface area (TPSA) is 40.6 Å². The molecule has 0 spiro atoms. The van der Waals surface area contributed by atoms with Crippen molar-refractivity contribution in [3.8, 4) is 0 Å². The number of benzene rings is 1. The van der Waals surface area contributed by atoms with Crippen LogP contribution in [0.25, 0.3) is 0 Å². The van der Waals surface area contributed by atoms with Crippen molar-refractivity contribution in [2.45, 2.75) is 26.7 Å². The smallest absolute Gasteiger partial charge is 0.254 e. The Morgan fingerprint density at radius 2 is 1.52 bits per heavy atom. The van der Waals surface area contributed by atoms with Gasteiger partial charge in [-0.25, -0.2) is 0 Å². The van der Waals surface area contributed by atoms with Gasteiger partial charge in [0.1, 0.15) is 0 Å². The van der Waals surface area contributed by atoms with Gasteiger partial charge in [-0.15, -0.1) is 0 Å². The predicted molar refractivity (Wildman–Crippen MR) is 93.0 cm³/mol. The van der Waals surface area contributed by atoms with Gasteiger partial charge in [0, 0.05) is 48.2 Å². The van der Waals surface area contributed by atoms with Crippen LogP contribution in [-0.2, 0) is 4.79 Å². The van der Waals surface area contributed by atoms with Crippen molar-refractivity contribution >= 4 is 35.0 Å². The fourth-order valence-electron chi connectivity index (χ4n) is 2.59. The zero-order chi connectivity index (χ0) is 17.0. The third-order valence-corrected chi connectivity index (χ3v) is 4.40. The second kappa shape index (κ2) is 8.02. The van der Waals surface area contributed by atoms with E-state index < -0.39 is 0 Å². The second-order valence-electron chi connectivity index (χ2n) is 6.26. The lowest BCUT2D eigenvalue weighted by molar-refractivity contribution is -0.132. The highest BCUT2D eigenvalue weighted by Gasteiger charge is 2.25. The first kappa shape index (κ1) is 18.1. The van der Waals surface area contributed by atoms with Gasteiger partial charge < -0.3 is 9.80 Å². The van der Waals surface area contributed by atoms with Crippen molar-refractivity contribution in [1.82, 2.24) is 9.80 Å². The molecule has 0 bridgehead atoms. The first-order valence-electron chi connectivity index (χ1n) is 7.90. The fourth-order valence-corrected chi connectivity index (χ4v) is 3.12. The number of nitrogens with zero attached hydrogens (tertiary/aromatic N) is 2. The van der Waals surface area contributed by atoms with E-state index in [1.54, 1.807) is 23.1 Å². The number of amides is 2. The molecule has 0 radical (unpaired) electrons. The van der Waals surface area contributed by atoms with Crippen LogP contribution in [0.5, 0.6) is 0 Å². The molecule has 1 aliphatic heterocycles. The molecule has 1 aliphatic rings. The highest BCUT2D eigenvalue weighted by atomic mass is 35.5. The zero-order valence-electron chi connectivity index (χ0n) is 13.5. The monoisotopic (exact) mass is 356 g/mol. The maximum Gasteiger partial charge on any atom is 0.254 e. The zero-order valence-corrected chi connectivity index (χ0v) is 15.0. The second-order valence-corrected chi connectivity index (χ2v) is 7.14. The van der Waals surface area contributed by atoms with Crippen LogP contribution in [-0.4, -0.2) is 47.8 Å². The number of carbonyl (C=O) groups is 2. The minimum absolute atomic E-state index is 0.0938. The Balaban J connectivity index is 1.91. The van der Waals surface area contributed by atoms with Crippen molar-refractivity contribution in [2.75, 3.05) is 26.2 Å². The summed E-state index contributed by atoms with van der Waals surface area (Å²) in [5.74, 6) is 0.606. The van der Waals surface area contributed by atoms with Crippen LogP contribution in [0, 0.1) is 5.92 Å². The van der Waals surface area contributed by atoms with E-state index in [2.05, 4.69) is 13.8 Å². The van der Waals surface area contributed by atoms with Gasteiger partial charge in [0.05, 0.1) is 0 Å². The Kier molecular flexibility index (Phi) is 6.31. The first-order chi connectivity index (χ1) is 10.9. The molecule has 1 heterocycles. The summed E-state index contributed by atoms with van der Waals surface area (Å²) in [6, 6.07) is 4.84. The first-order valence-corrected chi connectivity index (χ1v) is 8.65. The Hall–Kier alpha value is -1.26. The molecule has 0 aromatic heterocycles. The standard InChI is InChI=1S/C17H22Cl2N2O2/c1-12(2)3-4-16(22)20-5-7-21(8-6-20)17(23)13-9-14(18)11-15(19)10-13/h9-12H,3-8H2,1-2H3. The SMILES string of the molecule is CC(C)CCC(=O)N1CCN(C(=O)c2cc(Cl)cc(Cl)c2)CC1. The largest absolute Gasteiger partial charge is 0.339 e. The van der Waals surface area contributed by atoms with E-state index in [4.69, 9.17) is 23.2 Å². The van der Waals surface area contributed by atoms with E-state index in [0.29, 0.717) is 54.1 Å². The number of piperazine rings is 1. The highest BCUT2D eigenvalue weighted by Crippen LogP contribution is 2.21. The molecule has 23 heavy (non-hydrogen) atoms. The van der Waals surface area contributed by atoms with E-state index in [-0.39, 0.29) is 11.8 Å². The summed E-state index contributed by atoms with van der Waals surface area (Å²) in [5, 5.41) is 0.895. The van der Waals surface area contributed by atoms with E-state index in [0.717, 1.165) is 6.42 Å². The molecule has 0 N–H and O–H groups in total. The fraction of sp³-hybridized carbons (Fsp3) is 0.529. The molecule has 1 fully saturated rings. The molecule has 1 aromatic rings. The van der Waals surface area contributed by atoms with Crippen LogP contribution >= 0.6 is 23.2 Å². The lowest BCUT2D eigenvalue weighted by Gasteiger charge is -2.35. The van der Waals surface area contributed by atoms with Crippen LogP contribution in [0.3, 0.4) is 0 Å². The molecule has 0 unspecified atom stereocenters. The third kappa shape index (κ3) is 5.11. The third-order valence-electron chi connectivity index (χ3n) is 3.96. The summed E-state index contributed by atoms with van der Waals surface area (Å²) >= 11 is 11.9. The highest BCUT2D eigenvalue weighted by molar-refractivity contribution is 6.35. The van der Waals surface area contributed by atoms with Crippen LogP contribution < -0.4 is 0 Å². The molecule has 0 aliphatic carbocycles. The van der Waals surface area contributed by atoms with Gasteiger partial charge in [-0.2, -0.15) is 0 Å². The molecule has 2 amide bonds. The predicted octanol–water partition coefficient (Wildman–Crippen LogP) is 3.71. The van der Waals surface area contributed by atoms with Gasteiger partial charge in [-0.3, -0.25) is 9.59 Å². The summed E-state index contributed by atoms with van der Waals surface area (Å²) in [6.07, 6.45) is 1.48. The summed E-state index contributed by atoms with van der Waals surface area (Å²) in [6.45, 7) is 6.46. The van der Waals surface area contributed by atoms with Gasteiger partial charge in [-0.05, 0) is 30.5 Å². The minimum atomic E-state index is -0.0938. The number of hydrogen-bond acceptors (Lipinski definition) is 2. The summed E-state index contributed by atoms with van der Waals surface area (Å²) < 4.78 is 0. The normalized spacial score (nSPS) is 15.2. The van der Waals surface area contributed by atoms with Crippen LogP contribution in [0.2, 0.25) is 10.0 Å². The quantitative estimate of drug-likeness (QED) is 0.824. The Labute approximate surface area is 147 Å². The number of halogens is 2. The molecule has 6 heteroatoms. The van der Waals surface area contributed by atoms with Gasteiger partial charge in [0.15, 0.2) is 0 Å². The average Bonchev–Trinajstić information content (AvgIpc) is 2.51. The van der Waals surface area contributed by atoms with E-state index in [1.807, 2.05) is 4.90 Å². The Morgan fingerprint density at radius 3 is 2.04 bits per heavy atom. The number of hydrogen-bond donors (Lipinski definition) is 0. The van der Waals surface area contributed by atoms with Crippen molar-refractivity contribution in [1.29, 1.82) is 0 Å². The Bertz CT molecular complexity index is 562. The number of carbonyl (C=O) groups excluding carboxylic acids is 2. The lowest BCUT2D eigenvalue weighted by Crippen LogP contribution is -2.50. The van der Waals surface area contributed by atoms with Gasteiger partial charge in [-0.1, -0.05) is 37.0 Å². The van der Waals surface area contributed by atoms with E-state index >= 15 is 0 Å². The Morgan fingerprint density at radius 1 is 1.00 bits per heavy atom. The summed E-state index contributed by atoms with van der Waals surface area (Å²) in [7, 11) is 0. The van der Waals surface area contributed by atoms with Gasteiger partial charge >= 0.3 is 0 Å². The molecule has 0 saturated carbocycles. The summed E-state index contributed by atoms with van der Waals surface area (Å²) in [4.78, 5) is 28.2. The molecular weight excluding hydrogens is 335 g/mol. The lowest BCUT2D eigenvalue weighted by atomic mass is 10.1. The maximum absolute atomic E-state index is 12.5. The van der Waals surface area contributed by atoms with Crippen LogP contribution in [0.4, 0.5) is 0 Å². The molecule has 4 nitrogen and oxygen atoms in total. The number of rotatable bonds is 4. The van der Waals surface area contributed by atoms with Crippen molar-refractivity contribution in [2.24, 2.45) is 5.92 Å². The molecule has 2 rings (SSSR count). The van der Waals surface area contributed by atoms with Gasteiger partial charge in [0.25, 0.3) is 5.91 Å². The molecule has 1 saturated heterocycles. The average molecular weight is 357 g/mol. The van der Waals surface area contributed by atoms with Crippen molar-refractivity contribution in [3.63, 3.8) is 0 Å².